The zero-order valence-electron chi connectivity index (χ0n) is 12.1. The molecule has 0 atom stereocenters. The molecule has 0 aliphatic carbocycles. The average molecular weight is 285 g/mol. The molecule has 110 valence electrons. The van der Waals surface area contributed by atoms with E-state index in [1.165, 1.54) is 5.56 Å². The van der Waals surface area contributed by atoms with E-state index in [-0.39, 0.29) is 0 Å². The topological polar surface area (TPSA) is 77.0 Å². The standard InChI is InChI=1S/C15H19N5O/c1-19-10-12(8-18-19)11-3-6-20(7-4-11)14-2-5-17-9-13(14)15(16)21/h2,5,8-11H,3-4,6-7H2,1H3,(H2,16,21). The van der Waals surface area contributed by atoms with Crippen molar-refractivity contribution in [2.45, 2.75) is 18.8 Å². The third-order valence-electron chi connectivity index (χ3n) is 4.10. The van der Waals surface area contributed by atoms with Crippen LogP contribution in [0.5, 0.6) is 0 Å². The number of primary amides is 1. The maximum Gasteiger partial charge on any atom is 0.252 e. The summed E-state index contributed by atoms with van der Waals surface area (Å²) in [6.07, 6.45) is 9.38. The molecule has 0 radical (unpaired) electrons. The molecule has 0 aromatic carbocycles. The lowest BCUT2D eigenvalue weighted by atomic mass is 9.91. The van der Waals surface area contributed by atoms with Crippen LogP contribution >= 0.6 is 0 Å². The number of aromatic nitrogens is 3. The SMILES string of the molecule is Cn1cc(C2CCN(c3ccncc3C(N)=O)CC2)cn1. The van der Waals surface area contributed by atoms with Crippen molar-refractivity contribution < 1.29 is 4.79 Å². The minimum absolute atomic E-state index is 0.424. The highest BCUT2D eigenvalue weighted by Gasteiger charge is 2.23. The molecule has 0 spiro atoms. The maximum atomic E-state index is 11.5. The summed E-state index contributed by atoms with van der Waals surface area (Å²) in [5.41, 5.74) is 8.11. The number of hydrogen-bond acceptors (Lipinski definition) is 4. The molecule has 0 bridgehead atoms. The predicted molar refractivity (Wildman–Crippen MR) is 80.2 cm³/mol. The van der Waals surface area contributed by atoms with E-state index in [1.54, 1.807) is 12.4 Å². The predicted octanol–water partition coefficient (Wildman–Crippen LogP) is 1.30. The molecular formula is C15H19N5O. The van der Waals surface area contributed by atoms with Gasteiger partial charge in [0.2, 0.25) is 0 Å². The van der Waals surface area contributed by atoms with Crippen LogP contribution < -0.4 is 10.6 Å². The monoisotopic (exact) mass is 285 g/mol. The Labute approximate surface area is 123 Å². The number of pyridine rings is 1. The molecule has 2 aromatic heterocycles. The third kappa shape index (κ3) is 2.74. The van der Waals surface area contributed by atoms with Crippen LogP contribution in [0, 0.1) is 0 Å². The number of aryl methyl sites for hydroxylation is 1. The van der Waals surface area contributed by atoms with Gasteiger partial charge in [-0.2, -0.15) is 5.10 Å². The first-order valence-corrected chi connectivity index (χ1v) is 7.12. The first kappa shape index (κ1) is 13.6. The highest BCUT2D eigenvalue weighted by atomic mass is 16.1. The summed E-state index contributed by atoms with van der Waals surface area (Å²) in [4.78, 5) is 17.7. The van der Waals surface area contributed by atoms with Gasteiger partial charge in [-0.3, -0.25) is 14.5 Å². The van der Waals surface area contributed by atoms with E-state index in [9.17, 15) is 4.79 Å². The molecule has 1 fully saturated rings. The number of rotatable bonds is 3. The highest BCUT2D eigenvalue weighted by molar-refractivity contribution is 5.98. The molecule has 2 N–H and O–H groups in total. The van der Waals surface area contributed by atoms with Crippen molar-refractivity contribution in [3.63, 3.8) is 0 Å². The molecule has 1 amide bonds. The van der Waals surface area contributed by atoms with Gasteiger partial charge >= 0.3 is 0 Å². The van der Waals surface area contributed by atoms with Gasteiger partial charge < -0.3 is 10.6 Å². The van der Waals surface area contributed by atoms with E-state index in [0.29, 0.717) is 11.5 Å². The van der Waals surface area contributed by atoms with Gasteiger partial charge in [-0.15, -0.1) is 0 Å². The Bertz CT molecular complexity index is 643. The molecule has 0 unspecified atom stereocenters. The summed E-state index contributed by atoms with van der Waals surface area (Å²) < 4.78 is 1.84. The number of hydrogen-bond donors (Lipinski definition) is 1. The number of carbonyl (C=O) groups excluding carboxylic acids is 1. The van der Waals surface area contributed by atoms with Gasteiger partial charge in [0.05, 0.1) is 17.4 Å². The summed E-state index contributed by atoms with van der Waals surface area (Å²) in [6, 6.07) is 1.87. The number of piperidine rings is 1. The van der Waals surface area contributed by atoms with Crippen molar-refractivity contribution in [3.05, 3.63) is 42.0 Å². The van der Waals surface area contributed by atoms with Gasteiger partial charge in [-0.05, 0) is 30.4 Å². The summed E-state index contributed by atoms with van der Waals surface area (Å²) in [6.45, 7) is 1.81. The lowest BCUT2D eigenvalue weighted by molar-refractivity contribution is 0.100. The van der Waals surface area contributed by atoms with Crippen LogP contribution in [0.2, 0.25) is 0 Å². The van der Waals surface area contributed by atoms with Crippen LogP contribution in [-0.2, 0) is 7.05 Å². The largest absolute Gasteiger partial charge is 0.371 e. The van der Waals surface area contributed by atoms with Gasteiger partial charge in [0.25, 0.3) is 5.91 Å². The number of anilines is 1. The Morgan fingerprint density at radius 3 is 2.71 bits per heavy atom. The van der Waals surface area contributed by atoms with Gasteiger partial charge in [0.15, 0.2) is 0 Å². The van der Waals surface area contributed by atoms with E-state index in [1.807, 2.05) is 24.0 Å². The molecule has 1 aliphatic heterocycles. The van der Waals surface area contributed by atoms with E-state index in [2.05, 4.69) is 21.2 Å². The van der Waals surface area contributed by atoms with Crippen molar-refractivity contribution in [3.8, 4) is 0 Å². The van der Waals surface area contributed by atoms with Crippen molar-refractivity contribution in [1.82, 2.24) is 14.8 Å². The summed E-state index contributed by atoms with van der Waals surface area (Å²) in [7, 11) is 1.94. The van der Waals surface area contributed by atoms with Crippen LogP contribution in [0.1, 0.15) is 34.7 Å². The van der Waals surface area contributed by atoms with Gasteiger partial charge in [0, 0.05) is 38.7 Å². The molecule has 2 aromatic rings. The first-order valence-electron chi connectivity index (χ1n) is 7.12. The maximum absolute atomic E-state index is 11.5. The van der Waals surface area contributed by atoms with Gasteiger partial charge in [-0.25, -0.2) is 0 Å². The molecule has 3 heterocycles. The molecule has 1 saturated heterocycles. The molecule has 6 heteroatoms. The van der Waals surface area contributed by atoms with Crippen molar-refractivity contribution in [1.29, 1.82) is 0 Å². The zero-order chi connectivity index (χ0) is 14.8. The second-order valence-corrected chi connectivity index (χ2v) is 5.47. The minimum Gasteiger partial charge on any atom is -0.371 e. The van der Waals surface area contributed by atoms with E-state index < -0.39 is 5.91 Å². The van der Waals surface area contributed by atoms with Crippen LogP contribution in [0.25, 0.3) is 0 Å². The Morgan fingerprint density at radius 2 is 2.10 bits per heavy atom. The van der Waals surface area contributed by atoms with Gasteiger partial charge in [0.1, 0.15) is 0 Å². The summed E-state index contributed by atoms with van der Waals surface area (Å²) in [5.74, 6) is 0.112. The van der Waals surface area contributed by atoms with E-state index >= 15 is 0 Å². The number of carbonyl (C=O) groups is 1. The molecule has 0 saturated carbocycles. The Balaban J connectivity index is 1.73. The number of nitrogens with zero attached hydrogens (tertiary/aromatic N) is 4. The Kier molecular flexibility index (Phi) is 3.60. The van der Waals surface area contributed by atoms with Crippen LogP contribution in [0.15, 0.2) is 30.9 Å². The lowest BCUT2D eigenvalue weighted by Crippen LogP contribution is -2.34. The minimum atomic E-state index is -0.424. The third-order valence-corrected chi connectivity index (χ3v) is 4.10. The Hall–Kier alpha value is -2.37. The molecule has 21 heavy (non-hydrogen) atoms. The molecule has 1 aliphatic rings. The second kappa shape index (κ2) is 5.55. The zero-order valence-corrected chi connectivity index (χ0v) is 12.1. The average Bonchev–Trinajstić information content (AvgIpc) is 2.94. The highest BCUT2D eigenvalue weighted by Crippen LogP contribution is 2.31. The summed E-state index contributed by atoms with van der Waals surface area (Å²) >= 11 is 0. The van der Waals surface area contributed by atoms with E-state index in [4.69, 9.17) is 5.73 Å². The van der Waals surface area contributed by atoms with Crippen LogP contribution in [-0.4, -0.2) is 33.8 Å². The van der Waals surface area contributed by atoms with Crippen LogP contribution in [0.3, 0.4) is 0 Å². The second-order valence-electron chi connectivity index (χ2n) is 5.47. The molecule has 6 nitrogen and oxygen atoms in total. The fourth-order valence-corrected chi connectivity index (χ4v) is 2.96. The normalized spacial score (nSPS) is 16.1. The van der Waals surface area contributed by atoms with Crippen molar-refractivity contribution >= 4 is 11.6 Å². The molecular weight excluding hydrogens is 266 g/mol. The molecule has 3 rings (SSSR count). The van der Waals surface area contributed by atoms with Crippen LogP contribution in [0.4, 0.5) is 5.69 Å². The number of nitrogens with two attached hydrogens (primary N) is 1. The fraction of sp³-hybridized carbons (Fsp3) is 0.400. The number of amides is 1. The fourth-order valence-electron chi connectivity index (χ4n) is 2.96. The van der Waals surface area contributed by atoms with Crippen molar-refractivity contribution in [2.75, 3.05) is 18.0 Å². The van der Waals surface area contributed by atoms with Crippen molar-refractivity contribution in [2.24, 2.45) is 12.8 Å². The van der Waals surface area contributed by atoms with Gasteiger partial charge in [-0.1, -0.05) is 0 Å². The smallest absolute Gasteiger partial charge is 0.252 e. The first-order chi connectivity index (χ1) is 10.1. The quantitative estimate of drug-likeness (QED) is 0.922. The Morgan fingerprint density at radius 1 is 1.33 bits per heavy atom. The summed E-state index contributed by atoms with van der Waals surface area (Å²) in [5, 5.41) is 4.24. The lowest BCUT2D eigenvalue weighted by Gasteiger charge is -2.34. The van der Waals surface area contributed by atoms with E-state index in [0.717, 1.165) is 31.6 Å².